The van der Waals surface area contributed by atoms with Crippen LogP contribution in [0.4, 0.5) is 18.9 Å². The van der Waals surface area contributed by atoms with Gasteiger partial charge in [-0.05, 0) is 43.5 Å². The monoisotopic (exact) mass is 487 g/mol. The first-order chi connectivity index (χ1) is 15.7. The van der Waals surface area contributed by atoms with Gasteiger partial charge < -0.3 is 19.6 Å². The number of aliphatic hydroxyl groups excluding tert-OH is 1. The average molecular weight is 488 g/mol. The number of rotatable bonds is 6. The van der Waals surface area contributed by atoms with Gasteiger partial charge in [0.1, 0.15) is 11.1 Å². The Kier molecular flexibility index (Phi) is 7.10. The van der Waals surface area contributed by atoms with Gasteiger partial charge in [-0.15, -0.1) is 0 Å². The van der Waals surface area contributed by atoms with Crippen LogP contribution in [0.5, 0.6) is 5.88 Å². The number of hydrogen-bond acceptors (Lipinski definition) is 7. The summed E-state index contributed by atoms with van der Waals surface area (Å²) in [5.41, 5.74) is 1.16. The Morgan fingerprint density at radius 2 is 2.03 bits per heavy atom. The molecule has 12 heteroatoms. The molecule has 180 valence electrons. The van der Waals surface area contributed by atoms with E-state index in [0.29, 0.717) is 50.6 Å². The molecule has 2 aromatic heterocycles. The number of H-pyrrole nitrogens is 1. The lowest BCUT2D eigenvalue weighted by Gasteiger charge is -2.33. The maximum Gasteiger partial charge on any atom is 0.415 e. The van der Waals surface area contributed by atoms with E-state index in [0.717, 1.165) is 12.0 Å². The van der Waals surface area contributed by atoms with E-state index in [1.165, 1.54) is 6.20 Å². The molecule has 2 N–H and O–H groups in total. The number of hydrogen-bond donors (Lipinski definition) is 2. The number of aromatic nitrogens is 3. The summed E-state index contributed by atoms with van der Waals surface area (Å²) in [5, 5.41) is 15.5. The third-order valence-electron chi connectivity index (χ3n) is 6.18. The van der Waals surface area contributed by atoms with Gasteiger partial charge in [0.15, 0.2) is 6.10 Å². The van der Waals surface area contributed by atoms with Crippen LogP contribution in [0.1, 0.15) is 30.7 Å². The molecule has 2 aliphatic rings. The number of likely N-dealkylation sites (tertiary alicyclic amines) is 1. The van der Waals surface area contributed by atoms with E-state index in [9.17, 15) is 23.1 Å². The van der Waals surface area contributed by atoms with E-state index < -0.39 is 24.4 Å². The Morgan fingerprint density at radius 1 is 1.27 bits per heavy atom. The number of nitrogens with one attached hydrogen (secondary N) is 1. The van der Waals surface area contributed by atoms with Crippen LogP contribution in [0.2, 0.25) is 5.02 Å². The molecule has 0 bridgehead atoms. The van der Waals surface area contributed by atoms with Crippen LogP contribution >= 0.6 is 11.6 Å². The quantitative estimate of drug-likeness (QED) is 0.646. The van der Waals surface area contributed by atoms with Crippen molar-refractivity contribution in [2.24, 2.45) is 0 Å². The molecule has 2 aliphatic heterocycles. The van der Waals surface area contributed by atoms with Crippen molar-refractivity contribution in [3.8, 4) is 5.88 Å². The number of β-amino-alcohol motifs (C(OH)–C–C–N with tert-alkyl or cyclic N) is 1. The summed E-state index contributed by atoms with van der Waals surface area (Å²) in [4.78, 5) is 19.6. The van der Waals surface area contributed by atoms with Crippen molar-refractivity contribution in [3.05, 3.63) is 45.5 Å². The summed E-state index contributed by atoms with van der Waals surface area (Å²) < 4.78 is 43.8. The van der Waals surface area contributed by atoms with Crippen LogP contribution in [0.3, 0.4) is 0 Å². The summed E-state index contributed by atoms with van der Waals surface area (Å²) in [6.07, 6.45) is -1.73. The molecule has 2 fully saturated rings. The number of halogens is 4. The minimum atomic E-state index is -4.60. The second-order valence-corrected chi connectivity index (χ2v) is 8.81. The van der Waals surface area contributed by atoms with Crippen LogP contribution in [0.25, 0.3) is 0 Å². The summed E-state index contributed by atoms with van der Waals surface area (Å²) in [6.45, 7) is 1.78. The molecule has 2 atom stereocenters. The Balaban J connectivity index is 1.32. The predicted molar refractivity (Wildman–Crippen MR) is 116 cm³/mol. The fourth-order valence-corrected chi connectivity index (χ4v) is 4.56. The standard InChI is InChI=1S/C21H25ClF3N5O3/c22-19-16(10-27-28-20(19)32)30-8-4-15(11-30)33-18-9-14(1-5-26-18)13-2-6-29(7-3-13)12-17(31)21(23,24)25/h1,5,9-10,13,15,17,31H,2-4,6-8,11-12H2,(H,28,32)/t15-,17?/m1/s1. The summed E-state index contributed by atoms with van der Waals surface area (Å²) >= 11 is 6.10. The Morgan fingerprint density at radius 3 is 2.76 bits per heavy atom. The van der Waals surface area contributed by atoms with Crippen molar-refractivity contribution >= 4 is 17.3 Å². The number of nitrogens with zero attached hydrogens (tertiary/aromatic N) is 4. The molecular formula is C21H25ClF3N5O3. The molecular weight excluding hydrogens is 463 g/mol. The Bertz CT molecular complexity index is 1010. The van der Waals surface area contributed by atoms with E-state index in [-0.39, 0.29) is 17.0 Å². The van der Waals surface area contributed by atoms with Crippen LogP contribution in [0.15, 0.2) is 29.3 Å². The zero-order valence-electron chi connectivity index (χ0n) is 17.8. The average Bonchev–Trinajstić information content (AvgIpc) is 3.24. The first kappa shape index (κ1) is 23.8. The van der Waals surface area contributed by atoms with Crippen molar-refractivity contribution in [2.75, 3.05) is 37.6 Å². The molecule has 2 aromatic rings. The van der Waals surface area contributed by atoms with Gasteiger partial charge in [0.25, 0.3) is 5.56 Å². The van der Waals surface area contributed by atoms with Gasteiger partial charge in [0.2, 0.25) is 5.88 Å². The number of piperidine rings is 1. The SMILES string of the molecule is O=c1[nH]ncc(N2CC[C@@H](Oc3cc(C4CCN(CC(O)C(F)(F)F)CC4)ccn3)C2)c1Cl. The first-order valence-corrected chi connectivity index (χ1v) is 11.2. The van der Waals surface area contributed by atoms with Gasteiger partial charge in [0.05, 0.1) is 18.4 Å². The molecule has 8 nitrogen and oxygen atoms in total. The van der Waals surface area contributed by atoms with Crippen LogP contribution < -0.4 is 15.2 Å². The molecule has 4 heterocycles. The van der Waals surface area contributed by atoms with Gasteiger partial charge in [-0.25, -0.2) is 10.1 Å². The van der Waals surface area contributed by atoms with Crippen molar-refractivity contribution in [1.82, 2.24) is 20.1 Å². The maximum atomic E-state index is 12.6. The lowest BCUT2D eigenvalue weighted by Crippen LogP contribution is -2.43. The second-order valence-electron chi connectivity index (χ2n) is 8.43. The highest BCUT2D eigenvalue weighted by atomic mass is 35.5. The molecule has 0 saturated carbocycles. The largest absolute Gasteiger partial charge is 0.472 e. The zero-order valence-corrected chi connectivity index (χ0v) is 18.5. The molecule has 1 unspecified atom stereocenters. The van der Waals surface area contributed by atoms with E-state index in [1.807, 2.05) is 17.0 Å². The normalized spacial score (nSPS) is 21.4. The molecule has 0 amide bonds. The van der Waals surface area contributed by atoms with Gasteiger partial charge in [-0.2, -0.15) is 18.3 Å². The number of aliphatic hydroxyl groups is 1. The van der Waals surface area contributed by atoms with E-state index in [2.05, 4.69) is 15.2 Å². The highest BCUT2D eigenvalue weighted by Gasteiger charge is 2.39. The summed E-state index contributed by atoms with van der Waals surface area (Å²) in [7, 11) is 0. The minimum absolute atomic E-state index is 0.0971. The third kappa shape index (κ3) is 5.77. The van der Waals surface area contributed by atoms with E-state index in [1.54, 1.807) is 11.1 Å². The maximum absolute atomic E-state index is 12.6. The highest BCUT2D eigenvalue weighted by molar-refractivity contribution is 6.33. The molecule has 0 aromatic carbocycles. The molecule has 0 spiro atoms. The van der Waals surface area contributed by atoms with Gasteiger partial charge in [0, 0.05) is 31.8 Å². The highest BCUT2D eigenvalue weighted by Crippen LogP contribution is 2.31. The zero-order chi connectivity index (χ0) is 23.6. The van der Waals surface area contributed by atoms with Gasteiger partial charge in [-0.3, -0.25) is 4.79 Å². The molecule has 2 saturated heterocycles. The fourth-order valence-electron chi connectivity index (χ4n) is 4.35. The van der Waals surface area contributed by atoms with E-state index >= 15 is 0 Å². The lowest BCUT2D eigenvalue weighted by molar-refractivity contribution is -0.208. The number of anilines is 1. The molecule has 4 rings (SSSR count). The lowest BCUT2D eigenvalue weighted by atomic mass is 9.90. The summed E-state index contributed by atoms with van der Waals surface area (Å²) in [5.74, 6) is 0.681. The van der Waals surface area contributed by atoms with Gasteiger partial charge in [-0.1, -0.05) is 11.6 Å². The molecule has 33 heavy (non-hydrogen) atoms. The molecule has 0 aliphatic carbocycles. The smallest absolute Gasteiger partial charge is 0.415 e. The van der Waals surface area contributed by atoms with Crippen molar-refractivity contribution in [2.45, 2.75) is 43.6 Å². The number of alkyl halides is 3. The Hall–Kier alpha value is -2.37. The first-order valence-electron chi connectivity index (χ1n) is 10.8. The van der Waals surface area contributed by atoms with Crippen LogP contribution in [-0.4, -0.2) is 76.3 Å². The van der Waals surface area contributed by atoms with Crippen LogP contribution in [-0.2, 0) is 0 Å². The van der Waals surface area contributed by atoms with Crippen LogP contribution in [0, 0.1) is 0 Å². The van der Waals surface area contributed by atoms with Crippen molar-refractivity contribution in [3.63, 3.8) is 0 Å². The van der Waals surface area contributed by atoms with E-state index in [4.69, 9.17) is 16.3 Å². The fraction of sp³-hybridized carbons (Fsp3) is 0.571. The molecule has 0 radical (unpaired) electrons. The third-order valence-corrected chi connectivity index (χ3v) is 6.54. The summed E-state index contributed by atoms with van der Waals surface area (Å²) in [6, 6.07) is 3.79. The van der Waals surface area contributed by atoms with Crippen molar-refractivity contribution < 1.29 is 23.0 Å². The van der Waals surface area contributed by atoms with Gasteiger partial charge >= 0.3 is 6.18 Å². The number of aromatic amines is 1. The Labute approximate surface area is 193 Å². The number of pyridine rings is 1. The van der Waals surface area contributed by atoms with Crippen molar-refractivity contribution in [1.29, 1.82) is 0 Å². The second kappa shape index (κ2) is 9.86. The topological polar surface area (TPSA) is 94.6 Å². The number of ether oxygens (including phenoxy) is 1. The predicted octanol–water partition coefficient (Wildman–Crippen LogP) is 2.58. The minimum Gasteiger partial charge on any atom is -0.472 e.